The van der Waals surface area contributed by atoms with Crippen molar-refractivity contribution in [2.45, 2.75) is 39.2 Å². The number of carbonyl (C=O) groups is 2. The molecule has 160 valence electrons. The van der Waals surface area contributed by atoms with Crippen LogP contribution in [0.5, 0.6) is 0 Å². The minimum Gasteiger partial charge on any atom is -0.462 e. The quantitative estimate of drug-likeness (QED) is 0.705. The average Bonchev–Trinajstić information content (AvgIpc) is 3.30. The van der Waals surface area contributed by atoms with Crippen molar-refractivity contribution in [3.63, 3.8) is 0 Å². The Morgan fingerprint density at radius 2 is 2.03 bits per heavy atom. The molecule has 1 saturated carbocycles. The minimum atomic E-state index is -0.377. The SMILES string of the molecule is CCOC(=O)c1cnn(-c2ccc(NC(=O)N(CC3CCOC3)C3CC3)cc2)c1C. The molecule has 1 saturated heterocycles. The van der Waals surface area contributed by atoms with E-state index >= 15 is 0 Å². The van der Waals surface area contributed by atoms with Crippen LogP contribution < -0.4 is 5.32 Å². The minimum absolute atomic E-state index is 0.0583. The van der Waals surface area contributed by atoms with E-state index in [1.165, 1.54) is 6.20 Å². The van der Waals surface area contributed by atoms with E-state index in [1.54, 1.807) is 11.6 Å². The Balaban J connectivity index is 1.42. The molecule has 0 bridgehead atoms. The highest BCUT2D eigenvalue weighted by Gasteiger charge is 2.34. The molecule has 1 aliphatic carbocycles. The normalized spacial score (nSPS) is 18.3. The second kappa shape index (κ2) is 8.87. The number of nitrogens with zero attached hydrogens (tertiary/aromatic N) is 3. The van der Waals surface area contributed by atoms with Crippen molar-refractivity contribution in [1.29, 1.82) is 0 Å². The third-order valence-corrected chi connectivity index (χ3v) is 5.60. The second-order valence-electron chi connectivity index (χ2n) is 7.87. The monoisotopic (exact) mass is 412 g/mol. The van der Waals surface area contributed by atoms with Crippen LogP contribution in [-0.2, 0) is 9.47 Å². The fourth-order valence-electron chi connectivity index (χ4n) is 3.75. The topological polar surface area (TPSA) is 85.7 Å². The Morgan fingerprint density at radius 1 is 1.27 bits per heavy atom. The van der Waals surface area contributed by atoms with Gasteiger partial charge in [-0.25, -0.2) is 14.3 Å². The van der Waals surface area contributed by atoms with Crippen LogP contribution in [0.1, 0.15) is 42.2 Å². The van der Waals surface area contributed by atoms with E-state index in [0.717, 1.165) is 50.4 Å². The Labute approximate surface area is 176 Å². The highest BCUT2D eigenvalue weighted by molar-refractivity contribution is 5.91. The van der Waals surface area contributed by atoms with E-state index in [0.29, 0.717) is 29.8 Å². The van der Waals surface area contributed by atoms with Gasteiger partial charge in [0.2, 0.25) is 0 Å². The molecule has 1 atom stereocenters. The number of anilines is 1. The van der Waals surface area contributed by atoms with Gasteiger partial charge in [-0.3, -0.25) is 0 Å². The van der Waals surface area contributed by atoms with Crippen LogP contribution >= 0.6 is 0 Å². The Hall–Kier alpha value is -2.87. The first-order chi connectivity index (χ1) is 14.6. The predicted octanol–water partition coefficient (Wildman–Crippen LogP) is 3.39. The molecule has 0 radical (unpaired) electrons. The van der Waals surface area contributed by atoms with Crippen LogP contribution in [0.15, 0.2) is 30.5 Å². The summed E-state index contributed by atoms with van der Waals surface area (Å²) in [5.74, 6) is 0.0491. The van der Waals surface area contributed by atoms with E-state index in [4.69, 9.17) is 9.47 Å². The lowest BCUT2D eigenvalue weighted by atomic mass is 10.1. The second-order valence-corrected chi connectivity index (χ2v) is 7.87. The Bertz CT molecular complexity index is 898. The molecule has 4 rings (SSSR count). The molecule has 0 spiro atoms. The van der Waals surface area contributed by atoms with Crippen molar-refractivity contribution in [1.82, 2.24) is 14.7 Å². The maximum absolute atomic E-state index is 12.8. The molecular weight excluding hydrogens is 384 g/mol. The van der Waals surface area contributed by atoms with Gasteiger partial charge in [-0.1, -0.05) is 0 Å². The van der Waals surface area contributed by atoms with Gasteiger partial charge >= 0.3 is 12.0 Å². The van der Waals surface area contributed by atoms with Crippen molar-refractivity contribution >= 4 is 17.7 Å². The molecule has 2 amide bonds. The summed E-state index contributed by atoms with van der Waals surface area (Å²) in [6.07, 6.45) is 4.67. The molecule has 1 aromatic carbocycles. The summed E-state index contributed by atoms with van der Waals surface area (Å²) in [6, 6.07) is 7.73. The number of carbonyl (C=O) groups excluding carboxylic acids is 2. The van der Waals surface area contributed by atoms with Crippen LogP contribution in [0, 0.1) is 12.8 Å². The van der Waals surface area contributed by atoms with Crippen molar-refractivity contribution in [2.75, 3.05) is 31.7 Å². The van der Waals surface area contributed by atoms with E-state index in [2.05, 4.69) is 10.4 Å². The van der Waals surface area contributed by atoms with Gasteiger partial charge in [0, 0.05) is 30.8 Å². The smallest absolute Gasteiger partial charge is 0.341 e. The molecule has 8 heteroatoms. The summed E-state index contributed by atoms with van der Waals surface area (Å²) >= 11 is 0. The van der Waals surface area contributed by atoms with Gasteiger partial charge in [0.05, 0.1) is 30.8 Å². The van der Waals surface area contributed by atoms with Gasteiger partial charge in [0.1, 0.15) is 5.56 Å². The van der Waals surface area contributed by atoms with E-state index in [-0.39, 0.29) is 12.0 Å². The third-order valence-electron chi connectivity index (χ3n) is 5.60. The van der Waals surface area contributed by atoms with Gasteiger partial charge < -0.3 is 19.7 Å². The molecule has 2 aliphatic rings. The number of benzene rings is 1. The van der Waals surface area contributed by atoms with Crippen LogP contribution in [0.3, 0.4) is 0 Å². The fraction of sp³-hybridized carbons (Fsp3) is 0.500. The summed E-state index contributed by atoms with van der Waals surface area (Å²) in [5.41, 5.74) is 2.70. The van der Waals surface area contributed by atoms with Crippen LogP contribution in [0.4, 0.5) is 10.5 Å². The fourth-order valence-corrected chi connectivity index (χ4v) is 3.75. The van der Waals surface area contributed by atoms with Gasteiger partial charge in [-0.05, 0) is 57.4 Å². The van der Waals surface area contributed by atoms with Gasteiger partial charge in [0.25, 0.3) is 0 Å². The first-order valence-corrected chi connectivity index (χ1v) is 10.5. The largest absolute Gasteiger partial charge is 0.462 e. The zero-order chi connectivity index (χ0) is 21.1. The van der Waals surface area contributed by atoms with E-state index in [9.17, 15) is 9.59 Å². The highest BCUT2D eigenvalue weighted by atomic mass is 16.5. The molecule has 1 unspecified atom stereocenters. The number of esters is 1. The number of aromatic nitrogens is 2. The van der Waals surface area contributed by atoms with Crippen molar-refractivity contribution < 1.29 is 19.1 Å². The average molecular weight is 412 g/mol. The van der Waals surface area contributed by atoms with E-state index in [1.807, 2.05) is 36.1 Å². The molecule has 2 aromatic rings. The molecule has 1 N–H and O–H groups in total. The summed E-state index contributed by atoms with van der Waals surface area (Å²) in [6.45, 7) is 6.20. The summed E-state index contributed by atoms with van der Waals surface area (Å²) < 4.78 is 12.2. The number of hydrogen-bond donors (Lipinski definition) is 1. The van der Waals surface area contributed by atoms with Crippen molar-refractivity contribution in [3.8, 4) is 5.69 Å². The molecule has 2 heterocycles. The van der Waals surface area contributed by atoms with Crippen LogP contribution in [0.2, 0.25) is 0 Å². The lowest BCUT2D eigenvalue weighted by Gasteiger charge is -2.25. The maximum atomic E-state index is 12.8. The molecule has 2 fully saturated rings. The molecule has 1 aromatic heterocycles. The van der Waals surface area contributed by atoms with Gasteiger partial charge in [0.15, 0.2) is 0 Å². The zero-order valence-corrected chi connectivity index (χ0v) is 17.5. The summed E-state index contributed by atoms with van der Waals surface area (Å²) in [7, 11) is 0. The number of amides is 2. The summed E-state index contributed by atoms with van der Waals surface area (Å²) in [4.78, 5) is 26.8. The highest BCUT2D eigenvalue weighted by Crippen LogP contribution is 2.29. The Morgan fingerprint density at radius 3 is 2.67 bits per heavy atom. The summed E-state index contributed by atoms with van der Waals surface area (Å²) in [5, 5.41) is 7.32. The third kappa shape index (κ3) is 4.48. The molecule has 30 heavy (non-hydrogen) atoms. The number of urea groups is 1. The number of nitrogens with one attached hydrogen (secondary N) is 1. The molecule has 8 nitrogen and oxygen atoms in total. The van der Waals surface area contributed by atoms with Gasteiger partial charge in [-0.15, -0.1) is 0 Å². The van der Waals surface area contributed by atoms with E-state index < -0.39 is 0 Å². The first kappa shape index (κ1) is 20.4. The maximum Gasteiger partial charge on any atom is 0.341 e. The lowest BCUT2D eigenvalue weighted by molar-refractivity contribution is 0.0525. The van der Waals surface area contributed by atoms with Crippen molar-refractivity contribution in [3.05, 3.63) is 41.7 Å². The zero-order valence-electron chi connectivity index (χ0n) is 17.5. The number of rotatable bonds is 7. The van der Waals surface area contributed by atoms with Crippen LogP contribution in [-0.4, -0.2) is 59.1 Å². The van der Waals surface area contributed by atoms with Crippen LogP contribution in [0.25, 0.3) is 5.69 Å². The van der Waals surface area contributed by atoms with Crippen molar-refractivity contribution in [2.24, 2.45) is 5.92 Å². The number of ether oxygens (including phenoxy) is 2. The van der Waals surface area contributed by atoms with Gasteiger partial charge in [-0.2, -0.15) is 5.10 Å². The number of hydrogen-bond acceptors (Lipinski definition) is 5. The molecular formula is C22H28N4O4. The molecule has 1 aliphatic heterocycles. The Kier molecular flexibility index (Phi) is 6.03. The predicted molar refractivity (Wildman–Crippen MR) is 112 cm³/mol. The first-order valence-electron chi connectivity index (χ1n) is 10.5. The lowest BCUT2D eigenvalue weighted by Crippen LogP contribution is -2.40. The standard InChI is InChI=1S/C22H28N4O4/c1-3-30-21(27)20-12-23-26(15(20)2)19-6-4-17(5-7-19)24-22(28)25(18-8-9-18)13-16-10-11-29-14-16/h4-7,12,16,18H,3,8-11,13-14H2,1-2H3,(H,24,28).